The van der Waals surface area contributed by atoms with Crippen molar-refractivity contribution < 1.29 is 4.79 Å². The minimum atomic E-state index is -0.114. The number of rotatable bonds is 5. The van der Waals surface area contributed by atoms with Gasteiger partial charge in [0, 0.05) is 12.1 Å². The van der Waals surface area contributed by atoms with Gasteiger partial charge < -0.3 is 10.7 Å². The van der Waals surface area contributed by atoms with Gasteiger partial charge in [0.15, 0.2) is 5.78 Å². The first-order chi connectivity index (χ1) is 8.00. The van der Waals surface area contributed by atoms with Crippen LogP contribution in [0, 0.1) is 5.92 Å². The molecule has 0 fully saturated rings. The maximum atomic E-state index is 11.6. The van der Waals surface area contributed by atoms with Crippen LogP contribution >= 0.6 is 0 Å². The summed E-state index contributed by atoms with van der Waals surface area (Å²) in [4.78, 5) is 11.6. The first-order valence-corrected chi connectivity index (χ1v) is 5.57. The van der Waals surface area contributed by atoms with Gasteiger partial charge in [0.1, 0.15) is 0 Å². The average Bonchev–Trinajstić information content (AvgIpc) is 2.28. The summed E-state index contributed by atoms with van der Waals surface area (Å²) in [7, 11) is 0. The van der Waals surface area contributed by atoms with Crippen LogP contribution in [-0.2, 0) is 11.3 Å². The van der Waals surface area contributed by atoms with Crippen LogP contribution in [0.3, 0.4) is 0 Å². The average molecular weight is 233 g/mol. The van der Waals surface area contributed by atoms with Crippen molar-refractivity contribution in [3.05, 3.63) is 47.8 Å². The highest BCUT2D eigenvalue weighted by Crippen LogP contribution is 2.04. The molecule has 1 aromatic rings. The zero-order chi connectivity index (χ0) is 12.8. The summed E-state index contributed by atoms with van der Waals surface area (Å²) in [5, 5.41) is 1.42. The summed E-state index contributed by atoms with van der Waals surface area (Å²) in [6, 6.07) is 9.75. The van der Waals surface area contributed by atoms with Crippen LogP contribution in [0.15, 0.2) is 42.2 Å². The van der Waals surface area contributed by atoms with Gasteiger partial charge in [-0.15, -0.1) is 0 Å². The van der Waals surface area contributed by atoms with Crippen molar-refractivity contribution in [2.24, 2.45) is 17.5 Å². The predicted octanol–water partition coefficient (Wildman–Crippen LogP) is 1.39. The minimum absolute atomic E-state index is 0.0893. The number of carbonyl (C=O) groups excluding carboxylic acids is 1. The quantitative estimate of drug-likeness (QED) is 0.458. The normalized spacial score (nSPS) is 11.6. The van der Waals surface area contributed by atoms with Crippen LogP contribution in [-0.4, -0.2) is 10.8 Å². The number of allylic oxidation sites excluding steroid dienone is 1. The van der Waals surface area contributed by atoms with E-state index in [2.05, 4.69) is 0 Å². The Balaban J connectivity index is 2.63. The first kappa shape index (κ1) is 13.3. The molecule has 0 aliphatic rings. The summed E-state index contributed by atoms with van der Waals surface area (Å²) in [5.41, 5.74) is 6.92. The van der Waals surface area contributed by atoms with Crippen LogP contribution in [0.1, 0.15) is 19.4 Å². The summed E-state index contributed by atoms with van der Waals surface area (Å²) < 4.78 is 0. The molecule has 92 valence electrons. The fourth-order valence-electron chi connectivity index (χ4n) is 1.42. The molecule has 0 atom stereocenters. The summed E-state index contributed by atoms with van der Waals surface area (Å²) in [5.74, 6) is 5.57. The first-order valence-electron chi connectivity index (χ1n) is 5.57. The second kappa shape index (κ2) is 6.06. The molecule has 0 saturated heterocycles. The van der Waals surface area contributed by atoms with Crippen molar-refractivity contribution in [3.63, 3.8) is 0 Å². The summed E-state index contributed by atoms with van der Waals surface area (Å²) in [6.07, 6.45) is 1.48. The van der Waals surface area contributed by atoms with Gasteiger partial charge in [0.25, 0.3) is 0 Å². The van der Waals surface area contributed by atoms with E-state index >= 15 is 0 Å². The number of ketones is 1. The fraction of sp³-hybridized carbons (Fsp3) is 0.308. The Kier molecular flexibility index (Phi) is 4.72. The lowest BCUT2D eigenvalue weighted by Gasteiger charge is -2.15. The third-order valence-electron chi connectivity index (χ3n) is 2.32. The number of nitrogens with two attached hydrogens (primary N) is 2. The monoisotopic (exact) mass is 233 g/mol. The molecule has 0 aliphatic heterocycles. The van der Waals surface area contributed by atoms with E-state index in [1.54, 1.807) is 13.8 Å². The Hall–Kier alpha value is -1.81. The topological polar surface area (TPSA) is 72.4 Å². The van der Waals surface area contributed by atoms with Gasteiger partial charge in [-0.25, -0.2) is 5.84 Å². The smallest absolute Gasteiger partial charge is 0.182 e. The molecule has 0 bridgehead atoms. The molecule has 0 amide bonds. The number of hydrogen-bond acceptors (Lipinski definition) is 4. The molecule has 0 heterocycles. The lowest BCUT2D eigenvalue weighted by atomic mass is 10.1. The zero-order valence-corrected chi connectivity index (χ0v) is 10.3. The maximum absolute atomic E-state index is 11.6. The molecule has 1 rings (SSSR count). The number of nitrogens with zero attached hydrogens (tertiary/aromatic N) is 1. The zero-order valence-electron chi connectivity index (χ0n) is 10.3. The van der Waals surface area contributed by atoms with Crippen molar-refractivity contribution >= 4 is 5.78 Å². The Morgan fingerprint density at radius 2 is 1.94 bits per heavy atom. The van der Waals surface area contributed by atoms with Crippen molar-refractivity contribution in [1.29, 1.82) is 0 Å². The van der Waals surface area contributed by atoms with Crippen LogP contribution in [0.4, 0.5) is 0 Å². The SMILES string of the molecule is CC(C)C(=O)/C(N)=C/N(N)Cc1ccccc1. The van der Waals surface area contributed by atoms with Crippen LogP contribution in [0.2, 0.25) is 0 Å². The van der Waals surface area contributed by atoms with E-state index in [0.717, 1.165) is 5.56 Å². The molecule has 4 heteroatoms. The van der Waals surface area contributed by atoms with Gasteiger partial charge in [0.05, 0.1) is 12.2 Å². The lowest BCUT2D eigenvalue weighted by molar-refractivity contribution is -0.118. The largest absolute Gasteiger partial charge is 0.395 e. The predicted molar refractivity (Wildman–Crippen MR) is 68.3 cm³/mol. The van der Waals surface area contributed by atoms with Crippen molar-refractivity contribution in [3.8, 4) is 0 Å². The number of Topliss-reactive ketones (excluding diaryl/α,β-unsaturated/α-hetero) is 1. The number of carbonyl (C=O) groups is 1. The highest BCUT2D eigenvalue weighted by atomic mass is 16.1. The van der Waals surface area contributed by atoms with Gasteiger partial charge in [-0.05, 0) is 5.56 Å². The van der Waals surface area contributed by atoms with Gasteiger partial charge in [0.2, 0.25) is 0 Å². The van der Waals surface area contributed by atoms with E-state index in [4.69, 9.17) is 11.6 Å². The second-order valence-corrected chi connectivity index (χ2v) is 4.26. The second-order valence-electron chi connectivity index (χ2n) is 4.26. The molecule has 0 aliphatic carbocycles. The van der Waals surface area contributed by atoms with E-state index in [9.17, 15) is 4.79 Å². The Labute approximate surface area is 102 Å². The van der Waals surface area contributed by atoms with E-state index in [-0.39, 0.29) is 17.4 Å². The third-order valence-corrected chi connectivity index (χ3v) is 2.32. The summed E-state index contributed by atoms with van der Waals surface area (Å²) in [6.45, 7) is 4.13. The van der Waals surface area contributed by atoms with Crippen LogP contribution < -0.4 is 11.6 Å². The number of benzene rings is 1. The molecule has 0 spiro atoms. The highest BCUT2D eigenvalue weighted by Gasteiger charge is 2.10. The van der Waals surface area contributed by atoms with Gasteiger partial charge in [-0.2, -0.15) is 0 Å². The Morgan fingerprint density at radius 3 is 2.47 bits per heavy atom. The minimum Gasteiger partial charge on any atom is -0.395 e. The van der Waals surface area contributed by atoms with E-state index in [1.165, 1.54) is 11.2 Å². The molecule has 0 unspecified atom stereocenters. The molecule has 1 aromatic carbocycles. The third kappa shape index (κ3) is 4.28. The van der Waals surface area contributed by atoms with Crippen molar-refractivity contribution in [1.82, 2.24) is 5.01 Å². The Morgan fingerprint density at radius 1 is 1.35 bits per heavy atom. The van der Waals surface area contributed by atoms with Crippen molar-refractivity contribution in [2.45, 2.75) is 20.4 Å². The molecule has 0 aromatic heterocycles. The molecule has 4 N–H and O–H groups in total. The lowest BCUT2D eigenvalue weighted by Crippen LogP contribution is -2.28. The van der Waals surface area contributed by atoms with Crippen LogP contribution in [0.25, 0.3) is 0 Å². The van der Waals surface area contributed by atoms with Gasteiger partial charge in [-0.1, -0.05) is 44.2 Å². The Bertz CT molecular complexity index is 398. The van der Waals surface area contributed by atoms with Gasteiger partial charge in [-0.3, -0.25) is 4.79 Å². The van der Waals surface area contributed by atoms with Gasteiger partial charge >= 0.3 is 0 Å². The maximum Gasteiger partial charge on any atom is 0.182 e. The van der Waals surface area contributed by atoms with Crippen molar-refractivity contribution in [2.75, 3.05) is 0 Å². The van der Waals surface area contributed by atoms with Crippen LogP contribution in [0.5, 0.6) is 0 Å². The molecule has 17 heavy (non-hydrogen) atoms. The summed E-state index contributed by atoms with van der Waals surface area (Å²) >= 11 is 0. The van der Waals surface area contributed by atoms with E-state index in [1.807, 2.05) is 30.3 Å². The highest BCUT2D eigenvalue weighted by molar-refractivity contribution is 5.95. The molecular formula is C13H19N3O. The number of hydrogen-bond donors (Lipinski definition) is 2. The molecule has 4 nitrogen and oxygen atoms in total. The molecule has 0 saturated carbocycles. The van der Waals surface area contributed by atoms with E-state index in [0.29, 0.717) is 6.54 Å². The number of hydrazine groups is 1. The standard InChI is InChI=1S/C13H19N3O/c1-10(2)13(17)12(14)9-16(15)8-11-6-4-3-5-7-11/h3-7,9-10H,8,14-15H2,1-2H3/b12-9-. The van der Waals surface area contributed by atoms with E-state index < -0.39 is 0 Å². The fourth-order valence-corrected chi connectivity index (χ4v) is 1.42. The molecule has 0 radical (unpaired) electrons. The molecular weight excluding hydrogens is 214 g/mol.